The van der Waals surface area contributed by atoms with Crippen LogP contribution in [0.15, 0.2) is 36.5 Å². The molecule has 0 heterocycles. The van der Waals surface area contributed by atoms with Crippen molar-refractivity contribution in [3.8, 4) is 0 Å². The maximum atomic E-state index is 12.9. The van der Waals surface area contributed by atoms with Crippen LogP contribution in [0.25, 0.3) is 0 Å². The van der Waals surface area contributed by atoms with Crippen LogP contribution in [0.5, 0.6) is 0 Å². The summed E-state index contributed by atoms with van der Waals surface area (Å²) in [5.74, 6) is -0.862. The average Bonchev–Trinajstić information content (AvgIpc) is 3.47. The van der Waals surface area contributed by atoms with Gasteiger partial charge in [0.2, 0.25) is 0 Å². The summed E-state index contributed by atoms with van der Waals surface area (Å²) in [4.78, 5) is 38.4. The zero-order chi connectivity index (χ0) is 59.2. The number of ether oxygens (including phenoxy) is 3. The van der Waals surface area contributed by atoms with Crippen LogP contribution in [0.3, 0.4) is 0 Å². The van der Waals surface area contributed by atoms with Crippen molar-refractivity contribution in [2.75, 3.05) is 13.2 Å². The molecule has 0 aliphatic heterocycles. The number of unbranched alkanes of at least 4 members (excludes halogenated alkanes) is 52. The summed E-state index contributed by atoms with van der Waals surface area (Å²) in [5.41, 5.74) is 0. The third-order valence-electron chi connectivity index (χ3n) is 16.9. The minimum atomic E-state index is -0.779. The van der Waals surface area contributed by atoms with Crippen LogP contribution in [0.2, 0.25) is 0 Å². The Morgan fingerprint density at radius 3 is 0.744 bits per heavy atom. The highest BCUT2D eigenvalue weighted by molar-refractivity contribution is 5.71. The van der Waals surface area contributed by atoms with Crippen LogP contribution in [0, 0.1) is 0 Å². The molecule has 0 aromatic rings. The molecule has 0 radical (unpaired) electrons. The van der Waals surface area contributed by atoms with Gasteiger partial charge in [0.1, 0.15) is 13.2 Å². The number of carbonyl (C=O) groups is 3. The van der Waals surface area contributed by atoms with Gasteiger partial charge in [-0.25, -0.2) is 0 Å². The van der Waals surface area contributed by atoms with E-state index in [1.54, 1.807) is 0 Å². The zero-order valence-electron chi connectivity index (χ0n) is 55.5. The molecule has 0 aliphatic rings. The molecule has 0 bridgehead atoms. The van der Waals surface area contributed by atoms with Crippen molar-refractivity contribution in [2.45, 2.75) is 419 Å². The first-order valence-corrected chi connectivity index (χ1v) is 37.0. The second-order valence-corrected chi connectivity index (χ2v) is 25.2. The summed E-state index contributed by atoms with van der Waals surface area (Å²) in [5, 5.41) is 0. The van der Waals surface area contributed by atoms with Gasteiger partial charge in [-0.1, -0.05) is 378 Å². The highest BCUT2D eigenvalue weighted by atomic mass is 16.6. The maximum Gasteiger partial charge on any atom is 0.306 e. The van der Waals surface area contributed by atoms with Crippen molar-refractivity contribution in [2.24, 2.45) is 0 Å². The van der Waals surface area contributed by atoms with Gasteiger partial charge in [-0.15, -0.1) is 0 Å². The molecule has 0 amide bonds. The molecule has 0 N–H and O–H groups in total. The first kappa shape index (κ1) is 79.6. The Balaban J connectivity index is 4.08. The second kappa shape index (κ2) is 71.1. The van der Waals surface area contributed by atoms with Gasteiger partial charge >= 0.3 is 17.9 Å². The summed E-state index contributed by atoms with van der Waals surface area (Å²) in [6.45, 7) is 6.59. The van der Waals surface area contributed by atoms with E-state index < -0.39 is 6.10 Å². The minimum absolute atomic E-state index is 0.0737. The molecule has 6 nitrogen and oxygen atoms in total. The molecular weight excluding hydrogens is 1010 g/mol. The summed E-state index contributed by atoms with van der Waals surface area (Å²) in [6, 6.07) is 0. The molecule has 0 fully saturated rings. The summed E-state index contributed by atoms with van der Waals surface area (Å²) in [7, 11) is 0. The van der Waals surface area contributed by atoms with Crippen LogP contribution >= 0.6 is 0 Å². The van der Waals surface area contributed by atoms with Crippen molar-refractivity contribution in [1.29, 1.82) is 0 Å². The largest absolute Gasteiger partial charge is 0.462 e. The molecule has 482 valence electrons. The predicted octanol–water partition coefficient (Wildman–Crippen LogP) is 25.5. The third-order valence-corrected chi connectivity index (χ3v) is 16.9. The molecule has 0 aromatic carbocycles. The summed E-state index contributed by atoms with van der Waals surface area (Å²) < 4.78 is 17.0. The Hall–Kier alpha value is -2.37. The Morgan fingerprint density at radius 2 is 0.476 bits per heavy atom. The summed E-state index contributed by atoms with van der Waals surface area (Å²) >= 11 is 0. The first-order chi connectivity index (χ1) is 40.5. The fraction of sp³-hybridized carbons (Fsp3) is 0.882. The van der Waals surface area contributed by atoms with Crippen molar-refractivity contribution >= 4 is 17.9 Å². The zero-order valence-corrected chi connectivity index (χ0v) is 55.5. The van der Waals surface area contributed by atoms with Gasteiger partial charge in [0.15, 0.2) is 6.10 Å². The van der Waals surface area contributed by atoms with E-state index in [9.17, 15) is 14.4 Å². The lowest BCUT2D eigenvalue weighted by Gasteiger charge is -2.18. The average molecular weight is 1150 g/mol. The molecule has 1 unspecified atom stereocenters. The quantitative estimate of drug-likeness (QED) is 0.0261. The normalized spacial score (nSPS) is 12.2. The van der Waals surface area contributed by atoms with Crippen molar-refractivity contribution < 1.29 is 28.6 Å². The number of hydrogen-bond donors (Lipinski definition) is 0. The van der Waals surface area contributed by atoms with Crippen LogP contribution in [0.4, 0.5) is 0 Å². The Labute approximate surface area is 512 Å². The molecule has 6 heteroatoms. The van der Waals surface area contributed by atoms with E-state index in [0.717, 1.165) is 96.3 Å². The van der Waals surface area contributed by atoms with Crippen LogP contribution in [-0.4, -0.2) is 37.2 Å². The lowest BCUT2D eigenvalue weighted by atomic mass is 10.0. The Morgan fingerprint density at radius 1 is 0.256 bits per heavy atom. The van der Waals surface area contributed by atoms with E-state index >= 15 is 0 Å². The van der Waals surface area contributed by atoms with Gasteiger partial charge in [-0.05, 0) is 51.4 Å². The van der Waals surface area contributed by atoms with E-state index in [2.05, 4.69) is 57.2 Å². The minimum Gasteiger partial charge on any atom is -0.462 e. The van der Waals surface area contributed by atoms with Crippen molar-refractivity contribution in [3.05, 3.63) is 36.5 Å². The molecule has 1 atom stereocenters. The molecular formula is C76H142O6. The predicted molar refractivity (Wildman–Crippen MR) is 358 cm³/mol. The van der Waals surface area contributed by atoms with Crippen LogP contribution in [0.1, 0.15) is 412 Å². The SMILES string of the molecule is CC/C=C\C/C=C\C/C=C\CCCCCCCC(=O)OC(COC(=O)CCCCCCCCCCCCCCCCC)COC(=O)CCCCCCCCCCCCCCCCCCCCCCCCCCCCCCCCCCCC. The number of esters is 3. The monoisotopic (exact) mass is 1150 g/mol. The number of allylic oxidation sites excluding steroid dienone is 6. The van der Waals surface area contributed by atoms with E-state index in [-0.39, 0.29) is 31.1 Å². The molecule has 0 saturated carbocycles. The third kappa shape index (κ3) is 68.4. The molecule has 0 aromatic heterocycles. The number of hydrogen-bond acceptors (Lipinski definition) is 6. The molecule has 82 heavy (non-hydrogen) atoms. The first-order valence-electron chi connectivity index (χ1n) is 37.0. The Bertz CT molecular complexity index is 1370. The standard InChI is InChI=1S/C76H142O6/c1-4-7-10-13-16-19-22-25-28-29-30-31-32-33-34-35-36-37-38-39-40-41-42-43-44-45-46-49-51-54-57-60-63-66-69-75(78)81-72-73(82-76(79)70-67-64-61-58-55-52-48-27-24-21-18-15-12-9-6-3)71-80-74(77)68-65-62-59-56-53-50-47-26-23-20-17-14-11-8-5-2/h9,12,18,21,27,48,73H,4-8,10-11,13-17,19-20,22-26,28-47,49-72H2,1-3H3/b12-9-,21-18-,48-27-. The molecule has 0 saturated heterocycles. The highest BCUT2D eigenvalue weighted by Crippen LogP contribution is 2.19. The van der Waals surface area contributed by atoms with Crippen molar-refractivity contribution in [3.63, 3.8) is 0 Å². The van der Waals surface area contributed by atoms with E-state index in [0.29, 0.717) is 19.3 Å². The van der Waals surface area contributed by atoms with Crippen molar-refractivity contribution in [1.82, 2.24) is 0 Å². The van der Waals surface area contributed by atoms with Gasteiger partial charge in [0, 0.05) is 19.3 Å². The number of carbonyl (C=O) groups excluding carboxylic acids is 3. The van der Waals surface area contributed by atoms with Gasteiger partial charge in [0.25, 0.3) is 0 Å². The van der Waals surface area contributed by atoms with E-state index in [1.807, 2.05) is 0 Å². The van der Waals surface area contributed by atoms with E-state index in [1.165, 1.54) is 276 Å². The van der Waals surface area contributed by atoms with Crippen LogP contribution in [-0.2, 0) is 28.6 Å². The van der Waals surface area contributed by atoms with Gasteiger partial charge < -0.3 is 14.2 Å². The fourth-order valence-corrected chi connectivity index (χ4v) is 11.4. The highest BCUT2D eigenvalue weighted by Gasteiger charge is 2.20. The molecule has 0 rings (SSSR count). The number of rotatable bonds is 69. The van der Waals surface area contributed by atoms with Gasteiger partial charge in [-0.3, -0.25) is 14.4 Å². The fourth-order valence-electron chi connectivity index (χ4n) is 11.4. The maximum absolute atomic E-state index is 12.9. The topological polar surface area (TPSA) is 78.9 Å². The van der Waals surface area contributed by atoms with Gasteiger partial charge in [-0.2, -0.15) is 0 Å². The molecule has 0 aliphatic carbocycles. The lowest BCUT2D eigenvalue weighted by Crippen LogP contribution is -2.30. The van der Waals surface area contributed by atoms with E-state index in [4.69, 9.17) is 14.2 Å². The molecule has 0 spiro atoms. The lowest BCUT2D eigenvalue weighted by molar-refractivity contribution is -0.167. The van der Waals surface area contributed by atoms with Crippen LogP contribution < -0.4 is 0 Å². The van der Waals surface area contributed by atoms with Gasteiger partial charge in [0.05, 0.1) is 0 Å². The summed E-state index contributed by atoms with van der Waals surface area (Å²) in [6.07, 6.45) is 89.2. The second-order valence-electron chi connectivity index (χ2n) is 25.2. The smallest absolute Gasteiger partial charge is 0.306 e. The Kier molecular flexibility index (Phi) is 69.1.